The van der Waals surface area contributed by atoms with Crippen LogP contribution in [0.3, 0.4) is 0 Å². The van der Waals surface area contributed by atoms with Gasteiger partial charge in [-0.3, -0.25) is 14.5 Å². The molecule has 5 rings (SSSR count). The summed E-state index contributed by atoms with van der Waals surface area (Å²) in [6, 6.07) is 8.02. The Balaban J connectivity index is 1.53. The first-order valence-corrected chi connectivity index (χ1v) is 12.3. The number of aryl methyl sites for hydroxylation is 3. The van der Waals surface area contributed by atoms with Gasteiger partial charge in [-0.05, 0) is 62.6 Å². The molecule has 0 radical (unpaired) electrons. The van der Waals surface area contributed by atoms with Gasteiger partial charge in [0.05, 0.1) is 36.8 Å². The van der Waals surface area contributed by atoms with E-state index in [0.29, 0.717) is 48.9 Å². The summed E-state index contributed by atoms with van der Waals surface area (Å²) in [6.45, 7) is 15.2. The molecule has 0 N–H and O–H groups in total. The minimum Gasteiger partial charge on any atom is -0.505 e. The van der Waals surface area contributed by atoms with Crippen molar-refractivity contribution in [1.29, 1.82) is 0 Å². The van der Waals surface area contributed by atoms with Crippen LogP contribution >= 0.6 is 0 Å². The quantitative estimate of drug-likeness (QED) is 0.353. The maximum atomic E-state index is 13.8. The predicted octanol–water partition coefficient (Wildman–Crippen LogP) is 4.49. The van der Waals surface area contributed by atoms with E-state index in [0.717, 1.165) is 40.3 Å². The molecule has 0 unspecified atom stereocenters. The molecule has 0 aliphatic carbocycles. The third kappa shape index (κ3) is 4.70. The van der Waals surface area contributed by atoms with Crippen LogP contribution in [0.4, 0.5) is 5.69 Å². The van der Waals surface area contributed by atoms with E-state index >= 15 is 0 Å². The van der Waals surface area contributed by atoms with Crippen LogP contribution in [0, 0.1) is 20.4 Å². The average Bonchev–Trinajstić information content (AvgIpc) is 3.44. The SMILES string of the molecule is [C-]#[N+]c1cnc(CN2CCc3c(cc(Cn4ccnc4C)cc3-c3cc(C)nn3C)C2=O)cc1OCC. The highest BCUT2D eigenvalue weighted by Gasteiger charge is 2.29. The first-order chi connectivity index (χ1) is 17.9. The van der Waals surface area contributed by atoms with E-state index < -0.39 is 0 Å². The Morgan fingerprint density at radius 3 is 2.59 bits per heavy atom. The van der Waals surface area contributed by atoms with Crippen LogP contribution < -0.4 is 4.74 Å². The lowest BCUT2D eigenvalue weighted by atomic mass is 9.89. The first-order valence-electron chi connectivity index (χ1n) is 12.3. The molecule has 0 atom stereocenters. The van der Waals surface area contributed by atoms with Crippen molar-refractivity contribution >= 4 is 11.6 Å². The van der Waals surface area contributed by atoms with Gasteiger partial charge in [0, 0.05) is 49.9 Å². The first kappa shape index (κ1) is 24.3. The summed E-state index contributed by atoms with van der Waals surface area (Å²) < 4.78 is 9.57. The fourth-order valence-electron chi connectivity index (χ4n) is 4.92. The summed E-state index contributed by atoms with van der Waals surface area (Å²) in [5.74, 6) is 1.39. The van der Waals surface area contributed by atoms with Gasteiger partial charge in [-0.2, -0.15) is 5.10 Å². The number of hydrogen-bond acceptors (Lipinski definition) is 5. The van der Waals surface area contributed by atoms with Gasteiger partial charge in [0.1, 0.15) is 11.6 Å². The molecule has 1 amide bonds. The molecule has 0 saturated carbocycles. The largest absolute Gasteiger partial charge is 0.505 e. The number of aromatic nitrogens is 5. The molecule has 3 aromatic heterocycles. The molecule has 4 heterocycles. The molecule has 4 aromatic rings. The van der Waals surface area contributed by atoms with Crippen LogP contribution in [0.25, 0.3) is 16.1 Å². The average molecular weight is 496 g/mol. The number of carbonyl (C=O) groups excluding carboxylic acids is 1. The van der Waals surface area contributed by atoms with Crippen molar-refractivity contribution in [2.45, 2.75) is 40.3 Å². The van der Waals surface area contributed by atoms with E-state index in [1.807, 2.05) is 49.7 Å². The normalized spacial score (nSPS) is 12.9. The zero-order valence-corrected chi connectivity index (χ0v) is 21.5. The number of rotatable bonds is 7. The van der Waals surface area contributed by atoms with Gasteiger partial charge in [0.25, 0.3) is 5.91 Å². The fourth-order valence-corrected chi connectivity index (χ4v) is 4.92. The zero-order chi connectivity index (χ0) is 26.1. The molecule has 1 aliphatic rings. The van der Waals surface area contributed by atoms with Gasteiger partial charge in [0.15, 0.2) is 0 Å². The Morgan fingerprint density at radius 2 is 1.92 bits per heavy atom. The standard InChI is InChI=1S/C28H29N7O2/c1-6-37-27-14-21(31-15-25(27)29-4)17-35-9-7-22-23(26-11-18(2)32-33(26)5)12-20(13-24(22)28(35)36)16-34-10-8-30-19(34)3/h8,10-15H,6-7,9,16-17H2,1-3,5H3. The van der Waals surface area contributed by atoms with E-state index in [1.165, 1.54) is 6.20 Å². The zero-order valence-electron chi connectivity index (χ0n) is 21.5. The predicted molar refractivity (Wildman–Crippen MR) is 140 cm³/mol. The Labute approximate surface area is 216 Å². The van der Waals surface area contributed by atoms with Gasteiger partial charge >= 0.3 is 0 Å². The number of hydrogen-bond donors (Lipinski definition) is 0. The van der Waals surface area contributed by atoms with Crippen LogP contribution in [0.5, 0.6) is 5.75 Å². The highest BCUT2D eigenvalue weighted by molar-refractivity contribution is 5.99. The molecule has 9 heteroatoms. The molecular formula is C28H29N7O2. The molecule has 0 saturated heterocycles. The molecule has 0 spiro atoms. The number of fused-ring (bicyclic) bond motifs is 1. The Kier molecular flexibility index (Phi) is 6.49. The third-order valence-electron chi connectivity index (χ3n) is 6.69. The van der Waals surface area contributed by atoms with Crippen molar-refractivity contribution in [3.05, 3.63) is 88.2 Å². The summed E-state index contributed by atoms with van der Waals surface area (Å²) in [5, 5.41) is 4.55. The Bertz CT molecular complexity index is 1530. The molecule has 1 aliphatic heterocycles. The van der Waals surface area contributed by atoms with Crippen LogP contribution in [0.1, 0.15) is 45.6 Å². The monoisotopic (exact) mass is 495 g/mol. The van der Waals surface area contributed by atoms with Crippen molar-refractivity contribution in [3.8, 4) is 17.0 Å². The van der Waals surface area contributed by atoms with Gasteiger partial charge in [-0.15, -0.1) is 0 Å². The summed E-state index contributed by atoms with van der Waals surface area (Å²) in [5.41, 5.74) is 6.82. The van der Waals surface area contributed by atoms with Crippen molar-refractivity contribution in [1.82, 2.24) is 29.2 Å². The number of carbonyl (C=O) groups is 1. The van der Waals surface area contributed by atoms with Gasteiger partial charge in [0.2, 0.25) is 5.69 Å². The second-order valence-corrected chi connectivity index (χ2v) is 9.23. The second-order valence-electron chi connectivity index (χ2n) is 9.23. The fraction of sp³-hybridized carbons (Fsp3) is 0.321. The molecule has 0 bridgehead atoms. The highest BCUT2D eigenvalue weighted by atomic mass is 16.5. The molecule has 0 fully saturated rings. The molecule has 37 heavy (non-hydrogen) atoms. The van der Waals surface area contributed by atoms with Crippen LogP contribution in [0.15, 0.2) is 42.9 Å². The topological polar surface area (TPSA) is 82.4 Å². The lowest BCUT2D eigenvalue weighted by Crippen LogP contribution is -2.37. The van der Waals surface area contributed by atoms with E-state index in [4.69, 9.17) is 11.3 Å². The van der Waals surface area contributed by atoms with E-state index in [2.05, 4.69) is 36.6 Å². The number of nitrogens with zero attached hydrogens (tertiary/aromatic N) is 7. The van der Waals surface area contributed by atoms with Gasteiger partial charge < -0.3 is 14.2 Å². The van der Waals surface area contributed by atoms with Crippen LogP contribution in [-0.4, -0.2) is 48.3 Å². The third-order valence-corrected chi connectivity index (χ3v) is 6.69. The molecular weight excluding hydrogens is 466 g/mol. The Morgan fingerprint density at radius 1 is 1.11 bits per heavy atom. The summed E-state index contributed by atoms with van der Waals surface area (Å²) in [6.07, 6.45) is 5.98. The van der Waals surface area contributed by atoms with Crippen LogP contribution in [-0.2, 0) is 26.6 Å². The maximum Gasteiger partial charge on any atom is 0.254 e. The Hall–Kier alpha value is -4.45. The van der Waals surface area contributed by atoms with E-state index in [-0.39, 0.29) is 5.91 Å². The molecule has 9 nitrogen and oxygen atoms in total. The maximum absolute atomic E-state index is 13.8. The second kappa shape index (κ2) is 9.90. The molecule has 188 valence electrons. The summed E-state index contributed by atoms with van der Waals surface area (Å²) in [4.78, 5) is 27.9. The van der Waals surface area contributed by atoms with E-state index in [9.17, 15) is 4.79 Å². The van der Waals surface area contributed by atoms with Crippen molar-refractivity contribution in [2.24, 2.45) is 7.05 Å². The summed E-state index contributed by atoms with van der Waals surface area (Å²) in [7, 11) is 1.94. The van der Waals surface area contributed by atoms with Crippen molar-refractivity contribution < 1.29 is 9.53 Å². The van der Waals surface area contributed by atoms with Crippen molar-refractivity contribution in [2.75, 3.05) is 13.2 Å². The lowest BCUT2D eigenvalue weighted by Gasteiger charge is -2.30. The minimum absolute atomic E-state index is 0.0281. The number of ether oxygens (including phenoxy) is 1. The van der Waals surface area contributed by atoms with Gasteiger partial charge in [-0.1, -0.05) is 0 Å². The van der Waals surface area contributed by atoms with Crippen molar-refractivity contribution in [3.63, 3.8) is 0 Å². The summed E-state index contributed by atoms with van der Waals surface area (Å²) >= 11 is 0. The lowest BCUT2D eigenvalue weighted by molar-refractivity contribution is 0.0724. The minimum atomic E-state index is -0.0281. The smallest absolute Gasteiger partial charge is 0.254 e. The highest BCUT2D eigenvalue weighted by Crippen LogP contribution is 2.34. The number of imidazole rings is 1. The number of benzene rings is 1. The number of pyridine rings is 1. The number of amides is 1. The van der Waals surface area contributed by atoms with Gasteiger partial charge in [-0.25, -0.2) is 9.83 Å². The van der Waals surface area contributed by atoms with Crippen LogP contribution in [0.2, 0.25) is 0 Å². The molecule has 1 aromatic carbocycles. The van der Waals surface area contributed by atoms with E-state index in [1.54, 1.807) is 12.3 Å².